The van der Waals surface area contributed by atoms with Crippen molar-refractivity contribution in [2.45, 2.75) is 19.8 Å². The summed E-state index contributed by atoms with van der Waals surface area (Å²) in [5.41, 5.74) is 7.68. The summed E-state index contributed by atoms with van der Waals surface area (Å²) < 4.78 is 5.93. The molecule has 1 aromatic heterocycles. The van der Waals surface area contributed by atoms with Gasteiger partial charge < -0.3 is 14.9 Å². The van der Waals surface area contributed by atoms with Crippen LogP contribution in [0.3, 0.4) is 0 Å². The molecule has 0 radical (unpaired) electrons. The summed E-state index contributed by atoms with van der Waals surface area (Å²) in [5, 5.41) is 13.9. The minimum atomic E-state index is 0.227. The molecule has 2 N–H and O–H groups in total. The maximum atomic E-state index is 9.40. The third kappa shape index (κ3) is 2.62. The number of phenolic OH excluding ortho intramolecular Hbond substituents is 1. The van der Waals surface area contributed by atoms with Crippen molar-refractivity contribution in [1.82, 2.24) is 10.4 Å². The molecule has 2 heterocycles. The predicted octanol–water partition coefficient (Wildman–Crippen LogP) is 3.92. The van der Waals surface area contributed by atoms with Gasteiger partial charge in [0.1, 0.15) is 11.3 Å². The molecule has 0 bridgehead atoms. The number of nitrogens with one attached hydrogen (secondary N) is 1. The van der Waals surface area contributed by atoms with Crippen molar-refractivity contribution in [2.24, 2.45) is 11.0 Å². The second kappa shape index (κ2) is 6.00. The number of hydrogen-bond donors (Lipinski definition) is 2. The molecule has 0 saturated carbocycles. The number of nitrogens with zero attached hydrogens (tertiary/aromatic N) is 2. The van der Waals surface area contributed by atoms with Gasteiger partial charge in [0.05, 0.1) is 5.71 Å². The molecule has 24 heavy (non-hydrogen) atoms. The van der Waals surface area contributed by atoms with Crippen LogP contribution in [-0.4, -0.2) is 22.3 Å². The summed E-state index contributed by atoms with van der Waals surface area (Å²) in [6.45, 7) is 3.12. The van der Waals surface area contributed by atoms with Gasteiger partial charge in [-0.3, -0.25) is 0 Å². The largest absolute Gasteiger partial charge is 0.508 e. The SMILES string of the molecule is CCC1CCNN=C1c1ccc2nc(-c3ccc(O)cc3)oc2c1. The van der Waals surface area contributed by atoms with Gasteiger partial charge >= 0.3 is 0 Å². The van der Waals surface area contributed by atoms with E-state index in [9.17, 15) is 5.11 Å². The van der Waals surface area contributed by atoms with Crippen molar-refractivity contribution in [3.05, 3.63) is 48.0 Å². The number of oxazole rings is 1. The third-order valence-corrected chi connectivity index (χ3v) is 4.48. The second-order valence-corrected chi connectivity index (χ2v) is 6.05. The fourth-order valence-electron chi connectivity index (χ4n) is 3.12. The van der Waals surface area contributed by atoms with Crippen LogP contribution in [0.2, 0.25) is 0 Å². The lowest BCUT2D eigenvalue weighted by Crippen LogP contribution is -2.28. The van der Waals surface area contributed by atoms with E-state index in [1.54, 1.807) is 24.3 Å². The zero-order valence-electron chi connectivity index (χ0n) is 13.5. The van der Waals surface area contributed by atoms with Crippen molar-refractivity contribution in [1.29, 1.82) is 0 Å². The average Bonchev–Trinajstić information content (AvgIpc) is 3.05. The minimum absolute atomic E-state index is 0.227. The first-order valence-electron chi connectivity index (χ1n) is 8.25. The van der Waals surface area contributed by atoms with Crippen LogP contribution >= 0.6 is 0 Å². The molecule has 4 rings (SSSR count). The molecular weight excluding hydrogens is 302 g/mol. The molecule has 1 aliphatic heterocycles. The Kier molecular flexibility index (Phi) is 3.69. The maximum absolute atomic E-state index is 9.40. The molecule has 122 valence electrons. The summed E-state index contributed by atoms with van der Waals surface area (Å²) in [4.78, 5) is 4.53. The second-order valence-electron chi connectivity index (χ2n) is 6.05. The van der Waals surface area contributed by atoms with Crippen molar-refractivity contribution < 1.29 is 9.52 Å². The van der Waals surface area contributed by atoms with E-state index in [-0.39, 0.29) is 5.75 Å². The van der Waals surface area contributed by atoms with E-state index >= 15 is 0 Å². The first kappa shape index (κ1) is 14.8. The molecule has 0 fully saturated rings. The lowest BCUT2D eigenvalue weighted by molar-refractivity contribution is 0.475. The summed E-state index contributed by atoms with van der Waals surface area (Å²) in [7, 11) is 0. The normalized spacial score (nSPS) is 17.5. The Bertz CT molecular complexity index is 897. The quantitative estimate of drug-likeness (QED) is 0.767. The Morgan fingerprint density at radius 1 is 1.17 bits per heavy atom. The number of rotatable bonds is 3. The van der Waals surface area contributed by atoms with Crippen LogP contribution in [0.15, 0.2) is 52.0 Å². The highest BCUT2D eigenvalue weighted by Gasteiger charge is 2.20. The fraction of sp³-hybridized carbons (Fsp3) is 0.263. The van der Waals surface area contributed by atoms with Gasteiger partial charge in [-0.25, -0.2) is 4.98 Å². The van der Waals surface area contributed by atoms with Crippen LogP contribution in [0.25, 0.3) is 22.6 Å². The standard InChI is InChI=1S/C19H19N3O2/c1-2-12-9-10-20-22-18(12)14-5-8-16-17(11-14)24-19(21-16)13-3-6-15(23)7-4-13/h3-8,11-12,20,23H,2,9-10H2,1H3. The van der Waals surface area contributed by atoms with Gasteiger partial charge in [-0.2, -0.15) is 5.10 Å². The molecule has 2 aromatic carbocycles. The van der Waals surface area contributed by atoms with Gasteiger partial charge in [-0.15, -0.1) is 0 Å². The van der Waals surface area contributed by atoms with Crippen molar-refractivity contribution in [3.63, 3.8) is 0 Å². The summed E-state index contributed by atoms with van der Waals surface area (Å²) in [6, 6.07) is 12.9. The number of phenols is 1. The zero-order chi connectivity index (χ0) is 16.5. The molecule has 1 atom stereocenters. The summed E-state index contributed by atoms with van der Waals surface area (Å²) >= 11 is 0. The van der Waals surface area contributed by atoms with E-state index in [0.717, 1.165) is 47.3 Å². The van der Waals surface area contributed by atoms with Crippen LogP contribution < -0.4 is 5.43 Å². The van der Waals surface area contributed by atoms with Gasteiger partial charge in [-0.05, 0) is 49.2 Å². The van der Waals surface area contributed by atoms with Gasteiger partial charge in [0.15, 0.2) is 5.58 Å². The Morgan fingerprint density at radius 2 is 1.96 bits per heavy atom. The Hall–Kier alpha value is -2.82. The molecule has 1 unspecified atom stereocenters. The van der Waals surface area contributed by atoms with E-state index in [4.69, 9.17) is 4.42 Å². The highest BCUT2D eigenvalue weighted by Crippen LogP contribution is 2.28. The van der Waals surface area contributed by atoms with Crippen LogP contribution in [0, 0.1) is 5.92 Å². The summed E-state index contributed by atoms with van der Waals surface area (Å²) in [6.07, 6.45) is 2.18. The molecule has 3 aromatic rings. The molecule has 5 heteroatoms. The first-order valence-corrected chi connectivity index (χ1v) is 8.25. The Balaban J connectivity index is 1.73. The molecule has 5 nitrogen and oxygen atoms in total. The van der Waals surface area contributed by atoms with Gasteiger partial charge in [0.2, 0.25) is 5.89 Å². The number of fused-ring (bicyclic) bond motifs is 1. The monoisotopic (exact) mass is 321 g/mol. The van der Waals surface area contributed by atoms with Crippen LogP contribution in [0.1, 0.15) is 25.3 Å². The van der Waals surface area contributed by atoms with Crippen molar-refractivity contribution in [3.8, 4) is 17.2 Å². The van der Waals surface area contributed by atoms with Crippen LogP contribution in [-0.2, 0) is 0 Å². The lowest BCUT2D eigenvalue weighted by atomic mass is 9.90. The zero-order valence-corrected chi connectivity index (χ0v) is 13.5. The number of hydrogen-bond acceptors (Lipinski definition) is 5. The van der Waals surface area contributed by atoms with E-state index in [2.05, 4.69) is 28.5 Å². The summed E-state index contributed by atoms with van der Waals surface area (Å²) in [5.74, 6) is 1.26. The van der Waals surface area contributed by atoms with Crippen molar-refractivity contribution in [2.75, 3.05) is 6.54 Å². The highest BCUT2D eigenvalue weighted by atomic mass is 16.3. The smallest absolute Gasteiger partial charge is 0.227 e. The van der Waals surface area contributed by atoms with E-state index in [1.165, 1.54) is 0 Å². The minimum Gasteiger partial charge on any atom is -0.508 e. The van der Waals surface area contributed by atoms with Gasteiger partial charge in [0, 0.05) is 23.6 Å². The first-order chi connectivity index (χ1) is 11.7. The average molecular weight is 321 g/mol. The van der Waals surface area contributed by atoms with Crippen LogP contribution in [0.4, 0.5) is 0 Å². The third-order valence-electron chi connectivity index (χ3n) is 4.48. The van der Waals surface area contributed by atoms with Crippen molar-refractivity contribution >= 4 is 16.8 Å². The topological polar surface area (TPSA) is 70.7 Å². The molecule has 0 amide bonds. The molecular formula is C19H19N3O2. The van der Waals surface area contributed by atoms with E-state index in [0.29, 0.717) is 11.8 Å². The van der Waals surface area contributed by atoms with E-state index < -0.39 is 0 Å². The van der Waals surface area contributed by atoms with E-state index in [1.807, 2.05) is 12.1 Å². The maximum Gasteiger partial charge on any atom is 0.227 e. The molecule has 0 spiro atoms. The lowest BCUT2D eigenvalue weighted by Gasteiger charge is -2.22. The number of hydrazone groups is 1. The van der Waals surface area contributed by atoms with Gasteiger partial charge in [-0.1, -0.05) is 13.0 Å². The Labute approximate surface area is 140 Å². The van der Waals surface area contributed by atoms with Crippen LogP contribution in [0.5, 0.6) is 5.75 Å². The van der Waals surface area contributed by atoms with Gasteiger partial charge in [0.25, 0.3) is 0 Å². The Morgan fingerprint density at radius 3 is 2.75 bits per heavy atom. The molecule has 1 aliphatic rings. The molecule has 0 saturated heterocycles. The number of benzene rings is 2. The number of aromatic nitrogens is 1. The number of aromatic hydroxyl groups is 1. The molecule has 0 aliphatic carbocycles. The fourth-order valence-corrected chi connectivity index (χ4v) is 3.12. The predicted molar refractivity (Wildman–Crippen MR) is 94.0 cm³/mol. The highest BCUT2D eigenvalue weighted by molar-refractivity contribution is 6.04.